The van der Waals surface area contributed by atoms with Crippen LogP contribution in [0.5, 0.6) is 5.88 Å². The number of carbonyl (C=O) groups is 1. The molecule has 0 saturated heterocycles. The van der Waals surface area contributed by atoms with Crippen molar-refractivity contribution in [2.75, 3.05) is 20.7 Å². The molecular formula is C15H26IN5O2. The number of ether oxygens (including phenoxy) is 1. The third-order valence-corrected chi connectivity index (χ3v) is 2.62. The molecule has 0 unspecified atom stereocenters. The second-order valence-electron chi connectivity index (χ2n) is 5.79. The quantitative estimate of drug-likeness (QED) is 0.369. The maximum atomic E-state index is 11.7. The van der Waals surface area contributed by atoms with Crippen LogP contribution in [-0.2, 0) is 11.3 Å². The van der Waals surface area contributed by atoms with Crippen LogP contribution in [0.2, 0.25) is 0 Å². The average molecular weight is 435 g/mol. The van der Waals surface area contributed by atoms with Gasteiger partial charge in [0.15, 0.2) is 5.96 Å². The summed E-state index contributed by atoms with van der Waals surface area (Å²) in [6, 6.07) is 3.71. The highest BCUT2D eigenvalue weighted by Gasteiger charge is 2.13. The Hall–Kier alpha value is -1.58. The fraction of sp³-hybridized carbons (Fsp3) is 0.533. The van der Waals surface area contributed by atoms with Crippen LogP contribution in [0.15, 0.2) is 23.3 Å². The number of halogens is 1. The van der Waals surface area contributed by atoms with Crippen LogP contribution in [-0.4, -0.2) is 43.1 Å². The van der Waals surface area contributed by atoms with Crippen LogP contribution in [0.4, 0.5) is 0 Å². The molecule has 0 atom stereocenters. The second kappa shape index (κ2) is 10.2. The minimum absolute atomic E-state index is 0. The number of nitrogens with one attached hydrogen (secondary N) is 3. The Morgan fingerprint density at radius 2 is 2.00 bits per heavy atom. The molecule has 0 aliphatic heterocycles. The molecule has 0 fully saturated rings. The van der Waals surface area contributed by atoms with Gasteiger partial charge in [-0.3, -0.25) is 9.79 Å². The van der Waals surface area contributed by atoms with Gasteiger partial charge in [-0.05, 0) is 26.3 Å². The second-order valence-corrected chi connectivity index (χ2v) is 5.79. The number of carbonyl (C=O) groups excluding carboxylic acids is 1. The molecule has 7 nitrogen and oxygen atoms in total. The van der Waals surface area contributed by atoms with Crippen molar-refractivity contribution in [3.63, 3.8) is 0 Å². The maximum absolute atomic E-state index is 11.7. The highest BCUT2D eigenvalue weighted by molar-refractivity contribution is 14.0. The van der Waals surface area contributed by atoms with Gasteiger partial charge < -0.3 is 20.7 Å². The van der Waals surface area contributed by atoms with Gasteiger partial charge in [0.1, 0.15) is 0 Å². The van der Waals surface area contributed by atoms with Crippen molar-refractivity contribution in [2.45, 2.75) is 32.9 Å². The van der Waals surface area contributed by atoms with Gasteiger partial charge >= 0.3 is 0 Å². The van der Waals surface area contributed by atoms with Crippen molar-refractivity contribution in [1.82, 2.24) is 20.9 Å². The van der Waals surface area contributed by atoms with Crippen LogP contribution in [0.1, 0.15) is 26.3 Å². The van der Waals surface area contributed by atoms with Crippen molar-refractivity contribution >= 4 is 35.8 Å². The first kappa shape index (κ1) is 21.4. The van der Waals surface area contributed by atoms with E-state index in [4.69, 9.17) is 4.74 Å². The van der Waals surface area contributed by atoms with Gasteiger partial charge in [-0.25, -0.2) is 4.98 Å². The zero-order chi connectivity index (χ0) is 16.6. The molecule has 0 aliphatic rings. The van der Waals surface area contributed by atoms with E-state index in [2.05, 4.69) is 25.9 Å². The van der Waals surface area contributed by atoms with Gasteiger partial charge in [0.2, 0.25) is 11.8 Å². The van der Waals surface area contributed by atoms with Crippen molar-refractivity contribution in [3.05, 3.63) is 23.9 Å². The summed E-state index contributed by atoms with van der Waals surface area (Å²) >= 11 is 0. The zero-order valence-electron chi connectivity index (χ0n) is 14.3. The van der Waals surface area contributed by atoms with E-state index in [9.17, 15) is 4.79 Å². The molecule has 0 spiro atoms. The number of hydrogen-bond donors (Lipinski definition) is 3. The number of rotatable bonds is 5. The zero-order valence-corrected chi connectivity index (χ0v) is 16.6. The van der Waals surface area contributed by atoms with E-state index >= 15 is 0 Å². The Bertz CT molecular complexity index is 512. The summed E-state index contributed by atoms with van der Waals surface area (Å²) in [5, 5.41) is 8.96. The number of aliphatic imine (C=N–C) groups is 1. The minimum Gasteiger partial charge on any atom is -0.481 e. The van der Waals surface area contributed by atoms with Gasteiger partial charge in [-0.1, -0.05) is 6.07 Å². The number of nitrogens with zero attached hydrogens (tertiary/aromatic N) is 2. The summed E-state index contributed by atoms with van der Waals surface area (Å²) < 4.78 is 5.01. The van der Waals surface area contributed by atoms with Crippen LogP contribution < -0.4 is 20.7 Å². The van der Waals surface area contributed by atoms with Gasteiger partial charge in [-0.2, -0.15) is 0 Å². The molecule has 1 aromatic heterocycles. The summed E-state index contributed by atoms with van der Waals surface area (Å²) in [4.78, 5) is 19.9. The van der Waals surface area contributed by atoms with Gasteiger partial charge in [-0.15, -0.1) is 24.0 Å². The predicted octanol–water partition coefficient (Wildman–Crippen LogP) is 1.29. The van der Waals surface area contributed by atoms with Gasteiger partial charge in [0.05, 0.1) is 13.7 Å². The van der Waals surface area contributed by atoms with Crippen LogP contribution in [0.25, 0.3) is 0 Å². The first-order valence-electron chi connectivity index (χ1n) is 7.08. The van der Waals surface area contributed by atoms with E-state index in [1.54, 1.807) is 26.4 Å². The number of hydrogen-bond acceptors (Lipinski definition) is 4. The lowest BCUT2D eigenvalue weighted by molar-refractivity contribution is -0.121. The molecule has 130 valence electrons. The van der Waals surface area contributed by atoms with E-state index in [1.165, 1.54) is 0 Å². The van der Waals surface area contributed by atoms with Crippen molar-refractivity contribution < 1.29 is 9.53 Å². The molecule has 8 heteroatoms. The lowest BCUT2D eigenvalue weighted by Crippen LogP contribution is -2.48. The third-order valence-electron chi connectivity index (χ3n) is 2.62. The third kappa shape index (κ3) is 9.22. The normalized spacial score (nSPS) is 11.3. The fourth-order valence-electron chi connectivity index (χ4n) is 1.67. The molecular weight excluding hydrogens is 409 g/mol. The molecule has 1 amide bonds. The summed E-state index contributed by atoms with van der Waals surface area (Å²) in [7, 11) is 3.23. The predicted molar refractivity (Wildman–Crippen MR) is 102 cm³/mol. The highest BCUT2D eigenvalue weighted by Crippen LogP contribution is 2.06. The average Bonchev–Trinajstić information content (AvgIpc) is 2.46. The summed E-state index contributed by atoms with van der Waals surface area (Å²) in [6.45, 7) is 6.54. The van der Waals surface area contributed by atoms with Gasteiger partial charge in [0, 0.05) is 31.4 Å². The molecule has 1 aromatic rings. The molecule has 0 radical (unpaired) electrons. The first-order chi connectivity index (χ1) is 10.3. The number of methoxy groups -OCH3 is 1. The molecule has 0 bridgehead atoms. The molecule has 23 heavy (non-hydrogen) atoms. The van der Waals surface area contributed by atoms with Gasteiger partial charge in [0.25, 0.3) is 0 Å². The lowest BCUT2D eigenvalue weighted by atomic mass is 10.1. The standard InChI is InChI=1S/C15H25N5O2.HI/c1-15(2,3)20-12(21)10-19-14(16-4)18-9-11-6-7-13(22-5)17-8-11;/h6-8H,9-10H2,1-5H3,(H,20,21)(H2,16,18,19);1H. The van der Waals surface area contributed by atoms with E-state index in [0.717, 1.165) is 5.56 Å². The van der Waals surface area contributed by atoms with Crippen molar-refractivity contribution in [3.8, 4) is 5.88 Å². The molecule has 0 aromatic carbocycles. The molecule has 3 N–H and O–H groups in total. The summed E-state index contributed by atoms with van der Waals surface area (Å²) in [6.07, 6.45) is 1.73. The highest BCUT2D eigenvalue weighted by atomic mass is 127. The lowest BCUT2D eigenvalue weighted by Gasteiger charge is -2.21. The largest absolute Gasteiger partial charge is 0.481 e. The number of guanidine groups is 1. The Morgan fingerprint density at radius 3 is 2.48 bits per heavy atom. The van der Waals surface area contributed by atoms with E-state index in [1.807, 2.05) is 26.8 Å². The number of aromatic nitrogens is 1. The van der Waals surface area contributed by atoms with Crippen LogP contribution in [0.3, 0.4) is 0 Å². The minimum atomic E-state index is -0.246. The van der Waals surface area contributed by atoms with Crippen molar-refractivity contribution in [2.24, 2.45) is 4.99 Å². The Morgan fingerprint density at radius 1 is 1.30 bits per heavy atom. The topological polar surface area (TPSA) is 87.6 Å². The summed E-state index contributed by atoms with van der Waals surface area (Å²) in [5.41, 5.74) is 0.743. The Balaban J connectivity index is 0.00000484. The number of pyridine rings is 1. The summed E-state index contributed by atoms with van der Waals surface area (Å²) in [5.74, 6) is 1.05. The smallest absolute Gasteiger partial charge is 0.239 e. The molecule has 1 rings (SSSR count). The SMILES string of the molecule is CN=C(NCC(=O)NC(C)(C)C)NCc1ccc(OC)nc1.I. The van der Waals surface area contributed by atoms with E-state index in [-0.39, 0.29) is 42.0 Å². The Kier molecular flexibility index (Phi) is 9.54. The van der Waals surface area contributed by atoms with E-state index < -0.39 is 0 Å². The maximum Gasteiger partial charge on any atom is 0.239 e. The van der Waals surface area contributed by atoms with E-state index in [0.29, 0.717) is 18.4 Å². The molecule has 0 saturated carbocycles. The fourth-order valence-corrected chi connectivity index (χ4v) is 1.67. The van der Waals surface area contributed by atoms with Crippen LogP contribution in [0, 0.1) is 0 Å². The monoisotopic (exact) mass is 435 g/mol. The molecule has 0 aliphatic carbocycles. The first-order valence-corrected chi connectivity index (χ1v) is 7.08. The number of amides is 1. The van der Waals surface area contributed by atoms with Crippen molar-refractivity contribution in [1.29, 1.82) is 0 Å². The van der Waals surface area contributed by atoms with Crippen LogP contribution >= 0.6 is 24.0 Å². The molecule has 1 heterocycles. The Labute approximate surface area is 154 Å².